The van der Waals surface area contributed by atoms with Gasteiger partial charge in [0.25, 0.3) is 11.8 Å². The zero-order valence-electron chi connectivity index (χ0n) is 39.5. The topological polar surface area (TPSA) is 131 Å². The molecule has 2 aliphatic heterocycles. The minimum atomic E-state index is -1.36. The predicted molar refractivity (Wildman–Crippen MR) is 287 cm³/mol. The van der Waals surface area contributed by atoms with Gasteiger partial charge in [0.05, 0.1) is 7.11 Å². The maximum Gasteiger partial charge on any atom is 0.355 e. The minimum absolute atomic E-state index is 0.00787. The number of nitrogens with one attached hydrogen (secondary N) is 2. The fourth-order valence-electron chi connectivity index (χ4n) is 9.30. The summed E-state index contributed by atoms with van der Waals surface area (Å²) in [5.74, 6) is -0.897. The number of nitrogens with zero attached hydrogens (tertiary/aromatic N) is 3. The summed E-state index contributed by atoms with van der Waals surface area (Å²) in [6.45, 7) is -0.0359. The van der Waals surface area contributed by atoms with Crippen LogP contribution < -0.4 is 15.4 Å². The number of ether oxygens (including phenoxy) is 2. The summed E-state index contributed by atoms with van der Waals surface area (Å²) in [5.41, 5.74) is 4.26. The van der Waals surface area contributed by atoms with Crippen LogP contribution in [0, 0.1) is 0 Å². The quantitative estimate of drug-likeness (QED) is 0.0215. The van der Waals surface area contributed by atoms with Crippen molar-refractivity contribution in [1.29, 1.82) is 0 Å². The maximum atomic E-state index is 15.2. The van der Waals surface area contributed by atoms with Gasteiger partial charge in [0, 0.05) is 33.7 Å². The van der Waals surface area contributed by atoms with Crippen LogP contribution in [-0.2, 0) is 41.7 Å². The maximum absolute atomic E-state index is 15.2. The zero-order valence-corrected chi connectivity index (χ0v) is 41.9. The van der Waals surface area contributed by atoms with Gasteiger partial charge in [-0.2, -0.15) is 0 Å². The van der Waals surface area contributed by atoms with Gasteiger partial charge in [-0.3, -0.25) is 14.5 Å². The second-order valence-corrected chi connectivity index (χ2v) is 19.4. The van der Waals surface area contributed by atoms with E-state index in [9.17, 15) is 9.59 Å². The van der Waals surface area contributed by atoms with Crippen LogP contribution in [0.2, 0.25) is 0 Å². The number of thiazole rings is 1. The lowest BCUT2D eigenvalue weighted by molar-refractivity contribution is -0.153. The highest BCUT2D eigenvalue weighted by molar-refractivity contribution is 8.00. The van der Waals surface area contributed by atoms with Gasteiger partial charge in [-0.15, -0.1) is 34.7 Å². The van der Waals surface area contributed by atoms with E-state index in [1.807, 2.05) is 146 Å². The molecule has 11 nitrogen and oxygen atoms in total. The molecule has 1 aromatic heterocycles. The van der Waals surface area contributed by atoms with Crippen LogP contribution in [0.1, 0.15) is 44.6 Å². The summed E-state index contributed by atoms with van der Waals surface area (Å²) >= 11 is 9.09. The number of oxime groups is 1. The molecule has 10 rings (SSSR count). The number of hydrogen-bond acceptors (Lipinski definition) is 11. The highest BCUT2D eigenvalue weighted by atomic mass is 35.5. The normalized spacial score (nSPS) is 15.7. The number of hydrogen-bond donors (Lipinski definition) is 2. The average molecular weight is 1020 g/mol. The Hall–Kier alpha value is -7.97. The van der Waals surface area contributed by atoms with Crippen LogP contribution in [0.25, 0.3) is 0 Å². The molecule has 7 aromatic carbocycles. The van der Waals surface area contributed by atoms with E-state index in [0.717, 1.165) is 38.9 Å². The van der Waals surface area contributed by atoms with E-state index in [-0.39, 0.29) is 29.6 Å². The first-order chi connectivity index (χ1) is 35.8. The number of benzene rings is 7. The second-order valence-electron chi connectivity index (χ2n) is 17.2. The molecule has 0 aliphatic carbocycles. The van der Waals surface area contributed by atoms with Gasteiger partial charge < -0.3 is 24.9 Å². The molecule has 1 fully saturated rings. The Balaban J connectivity index is 1.03. The van der Waals surface area contributed by atoms with Crippen LogP contribution in [0.3, 0.4) is 0 Å². The third-order valence-corrected chi connectivity index (χ3v) is 15.3. The van der Waals surface area contributed by atoms with Gasteiger partial charge in [0.1, 0.15) is 40.7 Å². The Labute approximate surface area is 436 Å². The largest absolute Gasteiger partial charge is 0.497 e. The van der Waals surface area contributed by atoms with E-state index in [1.165, 1.54) is 28.0 Å². The Bertz CT molecular complexity index is 3060. The Morgan fingerprint density at radius 1 is 0.699 bits per heavy atom. The molecule has 2 N–H and O–H groups in total. The average Bonchev–Trinajstić information content (AvgIpc) is 3.93. The van der Waals surface area contributed by atoms with Crippen molar-refractivity contribution in [3.8, 4) is 5.75 Å². The van der Waals surface area contributed by atoms with Gasteiger partial charge in [-0.05, 0) is 40.0 Å². The van der Waals surface area contributed by atoms with Crippen LogP contribution in [0.5, 0.6) is 5.75 Å². The molecule has 2 amide bonds. The highest BCUT2D eigenvalue weighted by Gasteiger charge is 2.55. The number of anilines is 1. The van der Waals surface area contributed by atoms with Crippen molar-refractivity contribution < 1.29 is 28.7 Å². The molecular weight excluding hydrogens is 974 g/mol. The smallest absolute Gasteiger partial charge is 0.355 e. The van der Waals surface area contributed by atoms with Gasteiger partial charge in [0.2, 0.25) is 5.60 Å². The molecule has 1 saturated heterocycles. The lowest BCUT2D eigenvalue weighted by Gasteiger charge is -2.49. The number of carbonyl (C=O) groups excluding carboxylic acids is 3. The fourth-order valence-corrected chi connectivity index (χ4v) is 11.7. The Morgan fingerprint density at radius 3 is 1.64 bits per heavy atom. The van der Waals surface area contributed by atoms with Crippen molar-refractivity contribution in [3.05, 3.63) is 268 Å². The minimum Gasteiger partial charge on any atom is -0.497 e. The number of β-lactam (4-membered cyclic amide) rings is 1. The summed E-state index contributed by atoms with van der Waals surface area (Å²) in [5, 5.41) is 13.2. The van der Waals surface area contributed by atoms with Crippen molar-refractivity contribution in [2.45, 2.75) is 29.2 Å². The Kier molecular flexibility index (Phi) is 14.5. The molecule has 1 unspecified atom stereocenters. The van der Waals surface area contributed by atoms with Gasteiger partial charge in [-0.25, -0.2) is 9.78 Å². The molecule has 364 valence electrons. The number of halogens is 1. The summed E-state index contributed by atoms with van der Waals surface area (Å²) in [7, 11) is 1.57. The fraction of sp³-hybridized carbons (Fsp3) is 0.136. The van der Waals surface area contributed by atoms with Crippen LogP contribution in [0.15, 0.2) is 228 Å². The van der Waals surface area contributed by atoms with E-state index in [2.05, 4.69) is 47.0 Å². The molecule has 2 aliphatic rings. The number of fused-ring (bicyclic) bond motifs is 1. The van der Waals surface area contributed by atoms with Crippen LogP contribution in [-0.4, -0.2) is 63.5 Å². The van der Waals surface area contributed by atoms with E-state index >= 15 is 4.79 Å². The molecule has 0 spiro atoms. The third kappa shape index (κ3) is 9.62. The number of carbonyl (C=O) groups is 3. The monoisotopic (exact) mass is 1020 g/mol. The Morgan fingerprint density at radius 2 is 1.18 bits per heavy atom. The number of alkyl halides is 1. The molecule has 14 heteroatoms. The summed E-state index contributed by atoms with van der Waals surface area (Å²) < 4.78 is 11.0. The lowest BCUT2D eigenvalue weighted by atomic mass is 9.77. The highest BCUT2D eigenvalue weighted by Crippen LogP contribution is 2.44. The number of esters is 1. The van der Waals surface area contributed by atoms with Crippen LogP contribution in [0.4, 0.5) is 5.13 Å². The number of thioether (sulfide) groups is 1. The lowest BCUT2D eigenvalue weighted by Crippen LogP contribution is -2.71. The van der Waals surface area contributed by atoms with Crippen molar-refractivity contribution in [2.75, 3.05) is 24.1 Å². The van der Waals surface area contributed by atoms with Crippen LogP contribution >= 0.6 is 34.7 Å². The van der Waals surface area contributed by atoms with Crippen molar-refractivity contribution >= 4 is 63.3 Å². The zero-order chi connectivity index (χ0) is 50.2. The number of amides is 2. The first-order valence-corrected chi connectivity index (χ1v) is 26.0. The standard InChI is InChI=1S/C59H48ClN5O6S2/c1-69-48-34-32-40(33-35-48)37-70-56(68)52-41(36-60)38-72-55-51(54(67)65(52)55)62-53(66)50(64-71-59(45-26-14-5-15-27-45,46-28-16-6-17-29-46)47-30-18-7-19-31-47)49-39-73-57(61-49)63-58(42-20-8-2-9-21-42,43-22-10-3-11-23-43)44-24-12-4-13-25-44/h2-35,39,51,55H,36-38H2,1H3,(H,61,63)(H,62,66)/b64-50-/t51?,55-/m0/s1. The molecule has 0 bridgehead atoms. The van der Waals surface area contributed by atoms with E-state index in [1.54, 1.807) is 36.8 Å². The van der Waals surface area contributed by atoms with E-state index in [0.29, 0.717) is 22.2 Å². The van der Waals surface area contributed by atoms with Gasteiger partial charge in [-0.1, -0.05) is 199 Å². The molecular formula is C59H48ClN5O6S2. The predicted octanol–water partition coefficient (Wildman–Crippen LogP) is 10.9. The molecule has 2 atom stereocenters. The molecule has 73 heavy (non-hydrogen) atoms. The third-order valence-electron chi connectivity index (χ3n) is 12.9. The van der Waals surface area contributed by atoms with Gasteiger partial charge in [0.15, 0.2) is 10.8 Å². The summed E-state index contributed by atoms with van der Waals surface area (Å²) in [4.78, 5) is 56.8. The summed E-state index contributed by atoms with van der Waals surface area (Å²) in [6.07, 6.45) is 0. The first-order valence-electron chi connectivity index (χ1n) is 23.5. The number of methoxy groups -OCH3 is 1. The molecule has 0 radical (unpaired) electrons. The molecule has 0 saturated carbocycles. The SMILES string of the molecule is COc1ccc(COC(=O)C2=C(CCl)CS[C@H]3C(NC(=O)/C(=N\OC(c4ccccc4)(c4ccccc4)c4ccccc4)c4csc(NC(c5ccccc5)(c5ccccc5)c5ccccc5)n4)C(=O)N23)cc1. The number of rotatable bonds is 18. The van der Waals surface area contributed by atoms with Crippen molar-refractivity contribution in [2.24, 2.45) is 5.16 Å². The number of aromatic nitrogens is 1. The van der Waals surface area contributed by atoms with Gasteiger partial charge >= 0.3 is 5.97 Å². The summed E-state index contributed by atoms with van der Waals surface area (Å²) in [6, 6.07) is 65.6. The van der Waals surface area contributed by atoms with E-state index < -0.39 is 40.3 Å². The van der Waals surface area contributed by atoms with Crippen molar-refractivity contribution in [3.63, 3.8) is 0 Å². The van der Waals surface area contributed by atoms with E-state index in [4.69, 9.17) is 36.1 Å². The second kappa shape index (κ2) is 21.8. The molecule has 3 heterocycles. The van der Waals surface area contributed by atoms with Crippen molar-refractivity contribution in [1.82, 2.24) is 15.2 Å². The first kappa shape index (κ1) is 48.6. The molecule has 8 aromatic rings.